The first kappa shape index (κ1) is 13.0. The van der Waals surface area contributed by atoms with Crippen molar-refractivity contribution in [3.63, 3.8) is 0 Å². The Morgan fingerprint density at radius 1 is 1.16 bits per heavy atom. The standard InChI is InChI=1S/C12H8F3N3O/c13-12(14,15)10-4-3-9(7-17-10)18-11(19)8-2-1-5-16-6-8/h1-7H,(H,18,19). The van der Waals surface area contributed by atoms with E-state index in [0.29, 0.717) is 5.56 Å². The fourth-order valence-corrected chi connectivity index (χ4v) is 1.34. The number of halogens is 3. The van der Waals surface area contributed by atoms with Crippen LogP contribution in [0.15, 0.2) is 42.9 Å². The maximum absolute atomic E-state index is 12.3. The second-order valence-corrected chi connectivity index (χ2v) is 3.63. The van der Waals surface area contributed by atoms with Crippen LogP contribution in [0.2, 0.25) is 0 Å². The largest absolute Gasteiger partial charge is 0.433 e. The van der Waals surface area contributed by atoms with Crippen LogP contribution in [0.25, 0.3) is 0 Å². The molecular weight excluding hydrogens is 259 g/mol. The number of anilines is 1. The molecule has 0 spiro atoms. The van der Waals surface area contributed by atoms with E-state index >= 15 is 0 Å². The van der Waals surface area contributed by atoms with Gasteiger partial charge in [-0.1, -0.05) is 0 Å². The van der Waals surface area contributed by atoms with Gasteiger partial charge in [0.15, 0.2) is 0 Å². The number of nitrogens with zero attached hydrogens (tertiary/aromatic N) is 2. The van der Waals surface area contributed by atoms with Crippen molar-refractivity contribution in [2.75, 3.05) is 5.32 Å². The molecule has 0 unspecified atom stereocenters. The van der Waals surface area contributed by atoms with Crippen LogP contribution in [0.4, 0.5) is 18.9 Å². The molecule has 0 aliphatic carbocycles. The van der Waals surface area contributed by atoms with Gasteiger partial charge >= 0.3 is 6.18 Å². The Kier molecular flexibility index (Phi) is 3.46. The fourth-order valence-electron chi connectivity index (χ4n) is 1.34. The van der Waals surface area contributed by atoms with E-state index < -0.39 is 17.8 Å². The number of pyridine rings is 2. The van der Waals surface area contributed by atoms with Crippen LogP contribution >= 0.6 is 0 Å². The zero-order valence-electron chi connectivity index (χ0n) is 9.48. The molecule has 0 fully saturated rings. The highest BCUT2D eigenvalue weighted by Gasteiger charge is 2.32. The molecule has 0 saturated carbocycles. The van der Waals surface area contributed by atoms with Gasteiger partial charge in [0.25, 0.3) is 5.91 Å². The predicted molar refractivity (Wildman–Crippen MR) is 61.4 cm³/mol. The quantitative estimate of drug-likeness (QED) is 0.910. The molecule has 2 aromatic heterocycles. The summed E-state index contributed by atoms with van der Waals surface area (Å²) in [6.07, 6.45) is -0.674. The van der Waals surface area contributed by atoms with E-state index in [1.165, 1.54) is 12.4 Å². The van der Waals surface area contributed by atoms with Crippen LogP contribution in [-0.2, 0) is 6.18 Å². The second-order valence-electron chi connectivity index (χ2n) is 3.63. The Morgan fingerprint density at radius 3 is 2.47 bits per heavy atom. The number of aromatic nitrogens is 2. The molecule has 2 heterocycles. The van der Waals surface area contributed by atoms with Gasteiger partial charge in [-0.15, -0.1) is 0 Å². The van der Waals surface area contributed by atoms with Crippen molar-refractivity contribution < 1.29 is 18.0 Å². The zero-order valence-corrected chi connectivity index (χ0v) is 9.48. The molecular formula is C12H8F3N3O. The number of carbonyl (C=O) groups is 1. The molecule has 1 amide bonds. The molecule has 0 aliphatic heterocycles. The number of hydrogen-bond donors (Lipinski definition) is 1. The average molecular weight is 267 g/mol. The minimum atomic E-state index is -4.49. The second kappa shape index (κ2) is 5.05. The summed E-state index contributed by atoms with van der Waals surface area (Å²) in [5, 5.41) is 2.43. The lowest BCUT2D eigenvalue weighted by Gasteiger charge is -2.07. The van der Waals surface area contributed by atoms with Gasteiger partial charge in [0.2, 0.25) is 0 Å². The molecule has 4 nitrogen and oxygen atoms in total. The third-order valence-electron chi connectivity index (χ3n) is 2.24. The van der Waals surface area contributed by atoms with E-state index in [9.17, 15) is 18.0 Å². The van der Waals surface area contributed by atoms with Gasteiger partial charge in [-0.3, -0.25) is 9.78 Å². The number of alkyl halides is 3. The average Bonchev–Trinajstić information content (AvgIpc) is 2.39. The fraction of sp³-hybridized carbons (Fsp3) is 0.0833. The number of amides is 1. The Morgan fingerprint density at radius 2 is 1.95 bits per heavy atom. The number of hydrogen-bond acceptors (Lipinski definition) is 3. The van der Waals surface area contributed by atoms with Crippen molar-refractivity contribution in [3.05, 3.63) is 54.1 Å². The molecule has 0 radical (unpaired) electrons. The van der Waals surface area contributed by atoms with Crippen molar-refractivity contribution >= 4 is 11.6 Å². The Balaban J connectivity index is 2.10. The third-order valence-corrected chi connectivity index (χ3v) is 2.24. The topological polar surface area (TPSA) is 54.9 Å². The van der Waals surface area contributed by atoms with Crippen molar-refractivity contribution in [2.45, 2.75) is 6.18 Å². The molecule has 1 N–H and O–H groups in total. The predicted octanol–water partition coefficient (Wildman–Crippen LogP) is 2.75. The van der Waals surface area contributed by atoms with E-state index in [2.05, 4.69) is 15.3 Å². The zero-order chi connectivity index (χ0) is 13.9. The summed E-state index contributed by atoms with van der Waals surface area (Å²) in [4.78, 5) is 18.7. The minimum Gasteiger partial charge on any atom is -0.321 e. The lowest BCUT2D eigenvalue weighted by Crippen LogP contribution is -2.13. The van der Waals surface area contributed by atoms with Gasteiger partial charge in [0, 0.05) is 12.4 Å². The maximum atomic E-state index is 12.3. The number of carbonyl (C=O) groups excluding carboxylic acids is 1. The van der Waals surface area contributed by atoms with Gasteiger partial charge in [0.1, 0.15) is 5.69 Å². The number of nitrogens with one attached hydrogen (secondary N) is 1. The van der Waals surface area contributed by atoms with E-state index in [4.69, 9.17) is 0 Å². The van der Waals surface area contributed by atoms with Crippen molar-refractivity contribution in [3.8, 4) is 0 Å². The van der Waals surface area contributed by atoms with E-state index in [1.54, 1.807) is 12.1 Å². The molecule has 0 aliphatic rings. The molecule has 7 heteroatoms. The smallest absolute Gasteiger partial charge is 0.321 e. The van der Waals surface area contributed by atoms with Crippen LogP contribution < -0.4 is 5.32 Å². The van der Waals surface area contributed by atoms with Crippen molar-refractivity contribution in [1.82, 2.24) is 9.97 Å². The normalized spacial score (nSPS) is 11.1. The highest BCUT2D eigenvalue weighted by Crippen LogP contribution is 2.27. The van der Waals surface area contributed by atoms with E-state index in [-0.39, 0.29) is 5.69 Å². The summed E-state index contributed by atoms with van der Waals surface area (Å²) in [5.41, 5.74) is -0.517. The summed E-state index contributed by atoms with van der Waals surface area (Å²) in [5.74, 6) is -0.463. The van der Waals surface area contributed by atoms with E-state index in [1.807, 2.05) is 0 Å². The van der Waals surface area contributed by atoms with Gasteiger partial charge in [-0.2, -0.15) is 13.2 Å². The summed E-state index contributed by atoms with van der Waals surface area (Å²) in [6.45, 7) is 0. The monoisotopic (exact) mass is 267 g/mol. The Hall–Kier alpha value is -2.44. The lowest BCUT2D eigenvalue weighted by molar-refractivity contribution is -0.141. The summed E-state index contributed by atoms with van der Waals surface area (Å²) >= 11 is 0. The van der Waals surface area contributed by atoms with E-state index in [0.717, 1.165) is 18.3 Å². The first-order valence-electron chi connectivity index (χ1n) is 5.21. The van der Waals surface area contributed by atoms with Crippen molar-refractivity contribution in [1.29, 1.82) is 0 Å². The van der Waals surface area contributed by atoms with Crippen LogP contribution in [0, 0.1) is 0 Å². The van der Waals surface area contributed by atoms with Crippen LogP contribution in [0.5, 0.6) is 0 Å². The lowest BCUT2D eigenvalue weighted by atomic mass is 10.2. The van der Waals surface area contributed by atoms with Gasteiger partial charge in [-0.25, -0.2) is 4.98 Å². The van der Waals surface area contributed by atoms with Gasteiger partial charge < -0.3 is 5.32 Å². The third kappa shape index (κ3) is 3.27. The maximum Gasteiger partial charge on any atom is 0.433 e. The van der Waals surface area contributed by atoms with Crippen LogP contribution in [0.1, 0.15) is 16.1 Å². The minimum absolute atomic E-state index is 0.182. The van der Waals surface area contributed by atoms with Crippen LogP contribution in [0.3, 0.4) is 0 Å². The molecule has 98 valence electrons. The first-order valence-corrected chi connectivity index (χ1v) is 5.21. The molecule has 0 atom stereocenters. The molecule has 2 aromatic rings. The first-order chi connectivity index (χ1) is 8.97. The molecule has 0 aromatic carbocycles. The molecule has 19 heavy (non-hydrogen) atoms. The summed E-state index contributed by atoms with van der Waals surface area (Å²) in [6, 6.07) is 5.07. The van der Waals surface area contributed by atoms with Gasteiger partial charge in [0.05, 0.1) is 17.4 Å². The van der Waals surface area contributed by atoms with Gasteiger partial charge in [-0.05, 0) is 24.3 Å². The Labute approximate surface area is 106 Å². The molecule has 2 rings (SSSR count). The Bertz CT molecular complexity index is 567. The molecule has 0 saturated heterocycles. The van der Waals surface area contributed by atoms with Crippen molar-refractivity contribution in [2.24, 2.45) is 0 Å². The molecule has 0 bridgehead atoms. The summed E-state index contributed by atoms with van der Waals surface area (Å²) < 4.78 is 36.9. The summed E-state index contributed by atoms with van der Waals surface area (Å²) in [7, 11) is 0. The number of rotatable bonds is 2. The highest BCUT2D eigenvalue weighted by atomic mass is 19.4. The SMILES string of the molecule is O=C(Nc1ccc(C(F)(F)F)nc1)c1cccnc1. The highest BCUT2D eigenvalue weighted by molar-refractivity contribution is 6.03. The van der Waals surface area contributed by atoms with Crippen LogP contribution in [-0.4, -0.2) is 15.9 Å².